The van der Waals surface area contributed by atoms with E-state index in [4.69, 9.17) is 25.5 Å². The third-order valence-electron chi connectivity index (χ3n) is 3.96. The number of ether oxygens (including phenoxy) is 2. The molecule has 2 N–H and O–H groups in total. The Balaban J connectivity index is 1.55. The Bertz CT molecular complexity index is 944. The van der Waals surface area contributed by atoms with Crippen LogP contribution >= 0.6 is 11.6 Å². The van der Waals surface area contributed by atoms with Crippen molar-refractivity contribution in [2.24, 2.45) is 0 Å². The largest absolute Gasteiger partial charge is 0.495 e. The van der Waals surface area contributed by atoms with Crippen LogP contribution in [-0.2, 0) is 6.42 Å². The first-order valence-electron chi connectivity index (χ1n) is 8.57. The van der Waals surface area contributed by atoms with Crippen LogP contribution in [0.2, 0.25) is 5.02 Å². The predicted molar refractivity (Wildman–Crippen MR) is 107 cm³/mol. The van der Waals surface area contributed by atoms with E-state index in [0.29, 0.717) is 41.1 Å². The van der Waals surface area contributed by atoms with Gasteiger partial charge in [0.1, 0.15) is 17.8 Å². The Hall–Kier alpha value is -3.19. The zero-order valence-electron chi connectivity index (χ0n) is 15.5. The van der Waals surface area contributed by atoms with Crippen LogP contribution in [0, 0.1) is 0 Å². The standard InChI is InChI=1S/C20H20ClN3O4/c1-26-17-11-16(18(27-2)10-15(17)21)24-20(25)22-9-8-14-12-28-19(23-14)13-6-4-3-5-7-13/h3-7,10-12H,8-9H2,1-2H3,(H2,22,24,25). The lowest BCUT2D eigenvalue weighted by Gasteiger charge is -2.13. The lowest BCUT2D eigenvalue weighted by molar-refractivity contribution is 0.252. The van der Waals surface area contributed by atoms with Gasteiger partial charge in [-0.1, -0.05) is 29.8 Å². The van der Waals surface area contributed by atoms with Crippen molar-refractivity contribution >= 4 is 23.3 Å². The van der Waals surface area contributed by atoms with Crippen molar-refractivity contribution in [1.82, 2.24) is 10.3 Å². The molecule has 0 saturated heterocycles. The van der Waals surface area contributed by atoms with Gasteiger partial charge in [0.05, 0.1) is 30.6 Å². The number of aromatic nitrogens is 1. The van der Waals surface area contributed by atoms with Gasteiger partial charge >= 0.3 is 6.03 Å². The lowest BCUT2D eigenvalue weighted by atomic mass is 10.2. The first-order valence-corrected chi connectivity index (χ1v) is 8.94. The molecule has 0 spiro atoms. The SMILES string of the molecule is COc1cc(NC(=O)NCCc2coc(-c3ccccc3)n2)c(OC)cc1Cl. The van der Waals surface area contributed by atoms with Crippen LogP contribution in [0.25, 0.3) is 11.5 Å². The monoisotopic (exact) mass is 401 g/mol. The smallest absolute Gasteiger partial charge is 0.319 e. The number of nitrogens with zero attached hydrogens (tertiary/aromatic N) is 1. The van der Waals surface area contributed by atoms with Crippen molar-refractivity contribution in [1.29, 1.82) is 0 Å². The van der Waals surface area contributed by atoms with Crippen LogP contribution < -0.4 is 20.1 Å². The zero-order chi connectivity index (χ0) is 19.9. The van der Waals surface area contributed by atoms with E-state index >= 15 is 0 Å². The molecule has 0 unspecified atom stereocenters. The molecule has 8 heteroatoms. The Morgan fingerprint density at radius 1 is 1.14 bits per heavy atom. The average molecular weight is 402 g/mol. The molecule has 1 heterocycles. The number of methoxy groups -OCH3 is 2. The number of carbonyl (C=O) groups excluding carboxylic acids is 1. The fraction of sp³-hybridized carbons (Fsp3) is 0.200. The molecule has 0 aliphatic carbocycles. The number of hydrogen-bond donors (Lipinski definition) is 2. The normalized spacial score (nSPS) is 10.4. The van der Waals surface area contributed by atoms with E-state index in [1.54, 1.807) is 18.4 Å². The van der Waals surface area contributed by atoms with Gasteiger partial charge in [-0.25, -0.2) is 9.78 Å². The summed E-state index contributed by atoms with van der Waals surface area (Å²) < 4.78 is 15.9. The van der Waals surface area contributed by atoms with Gasteiger partial charge in [0.15, 0.2) is 0 Å². The Labute approximate surface area is 167 Å². The maximum absolute atomic E-state index is 12.2. The van der Waals surface area contributed by atoms with Crippen LogP contribution in [0.4, 0.5) is 10.5 Å². The lowest BCUT2D eigenvalue weighted by Crippen LogP contribution is -2.30. The quantitative estimate of drug-likeness (QED) is 0.613. The third kappa shape index (κ3) is 4.75. The number of benzene rings is 2. The van der Waals surface area contributed by atoms with Crippen molar-refractivity contribution < 1.29 is 18.7 Å². The summed E-state index contributed by atoms with van der Waals surface area (Å²) in [7, 11) is 3.00. The maximum Gasteiger partial charge on any atom is 0.319 e. The number of halogens is 1. The first kappa shape index (κ1) is 19.6. The van der Waals surface area contributed by atoms with Gasteiger partial charge in [-0.15, -0.1) is 0 Å². The molecule has 2 amide bonds. The molecule has 0 aliphatic rings. The zero-order valence-corrected chi connectivity index (χ0v) is 16.2. The Kier molecular flexibility index (Phi) is 6.39. The molecular formula is C20H20ClN3O4. The summed E-state index contributed by atoms with van der Waals surface area (Å²) in [6, 6.07) is 12.4. The molecule has 1 aromatic heterocycles. The Morgan fingerprint density at radius 3 is 2.61 bits per heavy atom. The minimum atomic E-state index is -0.380. The number of nitrogens with one attached hydrogen (secondary N) is 2. The van der Waals surface area contributed by atoms with Crippen LogP contribution in [0.15, 0.2) is 53.1 Å². The number of urea groups is 1. The number of amides is 2. The van der Waals surface area contributed by atoms with E-state index in [-0.39, 0.29) is 6.03 Å². The summed E-state index contributed by atoms with van der Waals surface area (Å²) in [6.45, 7) is 0.389. The number of oxazole rings is 1. The molecule has 28 heavy (non-hydrogen) atoms. The first-order chi connectivity index (χ1) is 13.6. The van der Waals surface area contributed by atoms with E-state index in [9.17, 15) is 4.79 Å². The Morgan fingerprint density at radius 2 is 1.89 bits per heavy atom. The van der Waals surface area contributed by atoms with Crippen molar-refractivity contribution in [2.75, 3.05) is 26.1 Å². The van der Waals surface area contributed by atoms with Gasteiger partial charge in [-0.2, -0.15) is 0 Å². The fourth-order valence-corrected chi connectivity index (χ4v) is 2.79. The molecule has 7 nitrogen and oxygen atoms in total. The second-order valence-corrected chi connectivity index (χ2v) is 6.24. The molecule has 3 rings (SSSR count). The van der Waals surface area contributed by atoms with E-state index in [2.05, 4.69) is 15.6 Å². The van der Waals surface area contributed by atoms with Crippen molar-refractivity contribution in [3.63, 3.8) is 0 Å². The fourth-order valence-electron chi connectivity index (χ4n) is 2.56. The van der Waals surface area contributed by atoms with E-state index in [1.165, 1.54) is 14.2 Å². The van der Waals surface area contributed by atoms with Crippen molar-refractivity contribution in [2.45, 2.75) is 6.42 Å². The highest BCUT2D eigenvalue weighted by Crippen LogP contribution is 2.35. The molecule has 0 fully saturated rings. The molecule has 0 bridgehead atoms. The van der Waals surface area contributed by atoms with Gasteiger partial charge in [0, 0.05) is 30.7 Å². The highest BCUT2D eigenvalue weighted by atomic mass is 35.5. The molecule has 0 saturated carbocycles. The highest BCUT2D eigenvalue weighted by Gasteiger charge is 2.13. The topological polar surface area (TPSA) is 85.6 Å². The molecule has 0 atom stereocenters. The minimum absolute atomic E-state index is 0.380. The second kappa shape index (κ2) is 9.14. The third-order valence-corrected chi connectivity index (χ3v) is 4.26. The van der Waals surface area contributed by atoms with E-state index < -0.39 is 0 Å². The number of rotatable bonds is 7. The summed E-state index contributed by atoms with van der Waals surface area (Å²) in [5.74, 6) is 1.43. The number of hydrogen-bond acceptors (Lipinski definition) is 5. The highest BCUT2D eigenvalue weighted by molar-refractivity contribution is 6.32. The van der Waals surface area contributed by atoms with E-state index in [0.717, 1.165) is 11.3 Å². The van der Waals surface area contributed by atoms with Crippen molar-refractivity contribution in [3.8, 4) is 23.0 Å². The van der Waals surface area contributed by atoms with Crippen molar-refractivity contribution in [3.05, 3.63) is 59.4 Å². The van der Waals surface area contributed by atoms with E-state index in [1.807, 2.05) is 30.3 Å². The summed E-state index contributed by atoms with van der Waals surface area (Å²) >= 11 is 6.07. The van der Waals surface area contributed by atoms with Crippen LogP contribution in [0.5, 0.6) is 11.5 Å². The summed E-state index contributed by atoms with van der Waals surface area (Å²) in [5, 5.41) is 5.89. The summed E-state index contributed by atoms with van der Waals surface area (Å²) in [4.78, 5) is 16.6. The van der Waals surface area contributed by atoms with Crippen LogP contribution in [0.3, 0.4) is 0 Å². The van der Waals surface area contributed by atoms with Gasteiger partial charge in [-0.3, -0.25) is 0 Å². The molecule has 3 aromatic rings. The molecule has 2 aromatic carbocycles. The van der Waals surface area contributed by atoms with Gasteiger partial charge in [0.2, 0.25) is 5.89 Å². The van der Waals surface area contributed by atoms with Crippen LogP contribution in [-0.4, -0.2) is 31.8 Å². The summed E-state index contributed by atoms with van der Waals surface area (Å²) in [6.07, 6.45) is 2.12. The second-order valence-electron chi connectivity index (χ2n) is 5.83. The molecule has 0 radical (unpaired) electrons. The molecule has 0 aliphatic heterocycles. The minimum Gasteiger partial charge on any atom is -0.495 e. The maximum atomic E-state index is 12.2. The number of carbonyl (C=O) groups is 1. The van der Waals surface area contributed by atoms with Gasteiger partial charge in [0.25, 0.3) is 0 Å². The molecule has 146 valence electrons. The number of anilines is 1. The summed E-state index contributed by atoms with van der Waals surface area (Å²) in [5.41, 5.74) is 2.11. The van der Waals surface area contributed by atoms with Gasteiger partial charge < -0.3 is 24.5 Å². The molecular weight excluding hydrogens is 382 g/mol. The van der Waals surface area contributed by atoms with Gasteiger partial charge in [-0.05, 0) is 12.1 Å². The predicted octanol–water partition coefficient (Wildman–Crippen LogP) is 4.38. The van der Waals surface area contributed by atoms with Crippen LogP contribution in [0.1, 0.15) is 5.69 Å². The average Bonchev–Trinajstić information content (AvgIpc) is 3.18.